The number of methoxy groups -OCH3 is 1. The fraction of sp³-hybridized carbons (Fsp3) is 0.368. The number of ether oxygens (including phenoxy) is 2. The largest absolute Gasteiger partial charge is 0.477 e. The number of nitrogens with two attached hydrogens (primary N) is 1. The second-order valence-electron chi connectivity index (χ2n) is 6.81. The molecule has 0 radical (unpaired) electrons. The molecule has 2 aromatic rings. The third kappa shape index (κ3) is 4.36. The highest BCUT2D eigenvalue weighted by atomic mass is 19.1. The monoisotopic (exact) mass is 361 g/mol. The molecular formula is C19H24FN3O3. The maximum atomic E-state index is 14.1. The van der Waals surface area contributed by atoms with Crippen molar-refractivity contribution in [3.63, 3.8) is 0 Å². The Labute approximate surface area is 152 Å². The lowest BCUT2D eigenvalue weighted by Crippen LogP contribution is -2.36. The molecule has 140 valence electrons. The lowest BCUT2D eigenvalue weighted by atomic mass is 9.94. The Balaban J connectivity index is 2.20. The third-order valence-corrected chi connectivity index (χ3v) is 4.14. The Morgan fingerprint density at radius 2 is 2.08 bits per heavy atom. The Bertz CT molecular complexity index is 809. The van der Waals surface area contributed by atoms with Crippen molar-refractivity contribution in [2.75, 3.05) is 13.7 Å². The van der Waals surface area contributed by atoms with Crippen molar-refractivity contribution in [1.29, 1.82) is 5.41 Å². The van der Waals surface area contributed by atoms with E-state index in [0.29, 0.717) is 11.4 Å². The van der Waals surface area contributed by atoms with Gasteiger partial charge in [0.1, 0.15) is 11.7 Å². The summed E-state index contributed by atoms with van der Waals surface area (Å²) in [5.74, 6) is -0.456. The summed E-state index contributed by atoms with van der Waals surface area (Å²) in [5, 5.41) is 17.2. The van der Waals surface area contributed by atoms with E-state index in [-0.39, 0.29) is 18.0 Å². The summed E-state index contributed by atoms with van der Waals surface area (Å²) < 4.78 is 24.7. The van der Waals surface area contributed by atoms with E-state index in [2.05, 4.69) is 4.98 Å². The Kier molecular flexibility index (Phi) is 5.94. The van der Waals surface area contributed by atoms with Crippen LogP contribution in [0.3, 0.4) is 0 Å². The van der Waals surface area contributed by atoms with Crippen LogP contribution in [0.15, 0.2) is 30.5 Å². The first kappa shape index (κ1) is 19.8. The highest BCUT2D eigenvalue weighted by Gasteiger charge is 2.29. The van der Waals surface area contributed by atoms with Crippen molar-refractivity contribution in [3.8, 4) is 17.0 Å². The smallest absolute Gasteiger partial charge is 0.213 e. The van der Waals surface area contributed by atoms with Crippen LogP contribution in [-0.2, 0) is 4.74 Å². The second kappa shape index (κ2) is 7.80. The van der Waals surface area contributed by atoms with Crippen LogP contribution in [0.1, 0.15) is 25.0 Å². The summed E-state index contributed by atoms with van der Waals surface area (Å²) in [5.41, 5.74) is 7.05. The predicted octanol–water partition coefficient (Wildman–Crippen LogP) is 2.85. The minimum absolute atomic E-state index is 0.0678. The summed E-state index contributed by atoms with van der Waals surface area (Å²) in [7, 11) is 1.43. The SMILES string of the molecule is COC(O)C(C)(C)COc1cc(C)c(-c2ccc(C(=N)N)c(F)c2)cn1. The van der Waals surface area contributed by atoms with Crippen LogP contribution in [0.25, 0.3) is 11.1 Å². The number of aromatic nitrogens is 1. The number of nitrogens with zero attached hydrogens (tertiary/aromatic N) is 1. The Hall–Kier alpha value is -2.51. The molecule has 7 heteroatoms. The molecule has 1 aromatic heterocycles. The minimum Gasteiger partial charge on any atom is -0.477 e. The lowest BCUT2D eigenvalue weighted by molar-refractivity contribution is -0.155. The number of nitrogen functional groups attached to an aromatic ring is 1. The van der Waals surface area contributed by atoms with Gasteiger partial charge in [0.05, 0.1) is 12.2 Å². The Morgan fingerprint density at radius 1 is 1.38 bits per heavy atom. The van der Waals surface area contributed by atoms with Gasteiger partial charge in [-0.2, -0.15) is 0 Å². The molecule has 1 atom stereocenters. The topological polar surface area (TPSA) is 101 Å². The summed E-state index contributed by atoms with van der Waals surface area (Å²) in [6, 6.07) is 6.26. The van der Waals surface area contributed by atoms with Crippen LogP contribution in [0.5, 0.6) is 5.88 Å². The van der Waals surface area contributed by atoms with Crippen LogP contribution in [0.2, 0.25) is 0 Å². The number of hydrogen-bond acceptors (Lipinski definition) is 5. The maximum absolute atomic E-state index is 14.1. The number of amidine groups is 1. The van der Waals surface area contributed by atoms with Crippen molar-refractivity contribution in [1.82, 2.24) is 4.98 Å². The fourth-order valence-electron chi connectivity index (χ4n) is 2.46. The number of nitrogens with one attached hydrogen (secondary N) is 1. The molecular weight excluding hydrogens is 337 g/mol. The fourth-order valence-corrected chi connectivity index (χ4v) is 2.46. The van der Waals surface area contributed by atoms with Gasteiger partial charge in [0.15, 0.2) is 6.29 Å². The van der Waals surface area contributed by atoms with Crippen LogP contribution in [0.4, 0.5) is 4.39 Å². The molecule has 1 unspecified atom stereocenters. The molecule has 1 aromatic carbocycles. The van der Waals surface area contributed by atoms with Crippen LogP contribution in [-0.4, -0.2) is 35.9 Å². The summed E-state index contributed by atoms with van der Waals surface area (Å²) in [4.78, 5) is 4.26. The molecule has 0 spiro atoms. The molecule has 0 fully saturated rings. The lowest BCUT2D eigenvalue weighted by Gasteiger charge is -2.28. The van der Waals surface area contributed by atoms with Crippen LogP contribution >= 0.6 is 0 Å². The zero-order chi connectivity index (χ0) is 19.5. The van der Waals surface area contributed by atoms with Crippen molar-refractivity contribution in [3.05, 3.63) is 47.4 Å². The molecule has 2 rings (SSSR count). The quantitative estimate of drug-likeness (QED) is 0.400. The van der Waals surface area contributed by atoms with E-state index in [4.69, 9.17) is 20.6 Å². The van der Waals surface area contributed by atoms with E-state index >= 15 is 0 Å². The third-order valence-electron chi connectivity index (χ3n) is 4.14. The number of pyridine rings is 1. The van der Waals surface area contributed by atoms with Crippen LogP contribution < -0.4 is 10.5 Å². The molecule has 0 aliphatic rings. The van der Waals surface area contributed by atoms with Gasteiger partial charge < -0.3 is 20.3 Å². The van der Waals surface area contributed by atoms with Crippen molar-refractivity contribution in [2.24, 2.45) is 11.1 Å². The number of benzene rings is 1. The van der Waals surface area contributed by atoms with E-state index in [1.807, 2.05) is 20.8 Å². The van der Waals surface area contributed by atoms with Gasteiger partial charge in [-0.25, -0.2) is 9.37 Å². The Morgan fingerprint density at radius 3 is 2.62 bits per heavy atom. The maximum Gasteiger partial charge on any atom is 0.213 e. The molecule has 4 N–H and O–H groups in total. The number of aliphatic hydroxyl groups is 1. The van der Waals surface area contributed by atoms with Crippen molar-refractivity contribution < 1.29 is 19.0 Å². The van der Waals surface area contributed by atoms with E-state index < -0.39 is 17.5 Å². The molecule has 26 heavy (non-hydrogen) atoms. The molecule has 6 nitrogen and oxygen atoms in total. The number of halogens is 1. The van der Waals surface area contributed by atoms with E-state index in [1.54, 1.807) is 18.3 Å². The second-order valence-corrected chi connectivity index (χ2v) is 6.81. The van der Waals surface area contributed by atoms with Crippen molar-refractivity contribution >= 4 is 5.84 Å². The van der Waals surface area contributed by atoms with Crippen LogP contribution in [0, 0.1) is 23.6 Å². The minimum atomic E-state index is -0.953. The van der Waals surface area contributed by atoms with Gasteiger partial charge in [0.2, 0.25) is 5.88 Å². The summed E-state index contributed by atoms with van der Waals surface area (Å²) in [6.07, 6.45) is 0.651. The number of rotatable bonds is 7. The number of aliphatic hydroxyl groups excluding tert-OH is 1. The number of hydrogen-bond donors (Lipinski definition) is 3. The first-order valence-electron chi connectivity index (χ1n) is 8.10. The molecule has 0 saturated heterocycles. The zero-order valence-corrected chi connectivity index (χ0v) is 15.3. The van der Waals surface area contributed by atoms with Gasteiger partial charge in [-0.05, 0) is 30.2 Å². The zero-order valence-electron chi connectivity index (χ0n) is 15.3. The first-order chi connectivity index (χ1) is 12.2. The van der Waals surface area contributed by atoms with Gasteiger partial charge in [-0.1, -0.05) is 19.9 Å². The molecule has 0 aliphatic carbocycles. The molecule has 1 heterocycles. The summed E-state index contributed by atoms with van der Waals surface area (Å²) in [6.45, 7) is 5.73. The van der Waals surface area contributed by atoms with Crippen molar-refractivity contribution in [2.45, 2.75) is 27.1 Å². The number of aryl methyl sites for hydroxylation is 1. The van der Waals surface area contributed by atoms with Gasteiger partial charge in [0, 0.05) is 30.4 Å². The average Bonchev–Trinajstić information content (AvgIpc) is 2.58. The molecule has 0 bridgehead atoms. The van der Waals surface area contributed by atoms with Gasteiger partial charge in [0.25, 0.3) is 0 Å². The highest BCUT2D eigenvalue weighted by molar-refractivity contribution is 5.95. The first-order valence-corrected chi connectivity index (χ1v) is 8.10. The molecule has 0 saturated carbocycles. The normalized spacial score (nSPS) is 12.7. The summed E-state index contributed by atoms with van der Waals surface area (Å²) >= 11 is 0. The average molecular weight is 361 g/mol. The van der Waals surface area contributed by atoms with Gasteiger partial charge in [-0.3, -0.25) is 5.41 Å². The predicted molar refractivity (Wildman–Crippen MR) is 97.7 cm³/mol. The van der Waals surface area contributed by atoms with E-state index in [1.165, 1.54) is 19.2 Å². The molecule has 0 aliphatic heterocycles. The van der Waals surface area contributed by atoms with Gasteiger partial charge in [-0.15, -0.1) is 0 Å². The van der Waals surface area contributed by atoms with E-state index in [0.717, 1.165) is 11.1 Å². The molecule has 0 amide bonds. The standard InChI is InChI=1S/C19H24FN3O3/c1-11-7-16(26-10-19(2,3)18(24)25-4)23-9-14(11)12-5-6-13(17(21)22)15(20)8-12/h5-9,18,24H,10H2,1-4H3,(H3,21,22). The van der Waals surface area contributed by atoms with E-state index in [9.17, 15) is 9.50 Å². The van der Waals surface area contributed by atoms with Gasteiger partial charge >= 0.3 is 0 Å². The highest BCUT2D eigenvalue weighted by Crippen LogP contribution is 2.28.